The topological polar surface area (TPSA) is 55.1 Å². The van der Waals surface area contributed by atoms with Gasteiger partial charge in [0.25, 0.3) is 0 Å². The highest BCUT2D eigenvalue weighted by Gasteiger charge is 2.16. The molecule has 0 aromatic heterocycles. The van der Waals surface area contributed by atoms with Gasteiger partial charge in [-0.2, -0.15) is 0 Å². The van der Waals surface area contributed by atoms with Crippen molar-refractivity contribution < 1.29 is 4.79 Å². The Balaban J connectivity index is 4.00. The van der Waals surface area contributed by atoms with Gasteiger partial charge in [-0.1, -0.05) is 34.1 Å². The summed E-state index contributed by atoms with van der Waals surface area (Å²) in [7, 11) is 0. The molecule has 0 saturated heterocycles. The fraction of sp³-hybridized carbons (Fsp3) is 0.933. The Hall–Kier alpha value is -0.570. The van der Waals surface area contributed by atoms with Gasteiger partial charge >= 0.3 is 0 Å². The Morgan fingerprint density at radius 2 is 1.78 bits per heavy atom. The molecule has 3 unspecified atom stereocenters. The molecule has 18 heavy (non-hydrogen) atoms. The summed E-state index contributed by atoms with van der Waals surface area (Å²) >= 11 is 0. The summed E-state index contributed by atoms with van der Waals surface area (Å²) in [4.78, 5) is 11.9. The standard InChI is InChI=1S/C15H32N2O/c1-6-12(4)8-13(5)17-15(18)9-14(10-16)7-11(2)3/h11-14H,6-10,16H2,1-5H3,(H,17,18). The van der Waals surface area contributed by atoms with Crippen molar-refractivity contribution in [3.63, 3.8) is 0 Å². The Morgan fingerprint density at radius 1 is 1.17 bits per heavy atom. The van der Waals surface area contributed by atoms with Crippen LogP contribution in [0.1, 0.15) is 60.3 Å². The van der Waals surface area contributed by atoms with Crippen LogP contribution in [0.2, 0.25) is 0 Å². The molecular weight excluding hydrogens is 224 g/mol. The van der Waals surface area contributed by atoms with E-state index < -0.39 is 0 Å². The Bertz CT molecular complexity index is 229. The van der Waals surface area contributed by atoms with Gasteiger partial charge in [-0.05, 0) is 44.1 Å². The number of amides is 1. The van der Waals surface area contributed by atoms with Gasteiger partial charge in [-0.15, -0.1) is 0 Å². The largest absolute Gasteiger partial charge is 0.354 e. The van der Waals surface area contributed by atoms with Crippen molar-refractivity contribution in [3.05, 3.63) is 0 Å². The summed E-state index contributed by atoms with van der Waals surface area (Å²) in [6.07, 6.45) is 3.82. The van der Waals surface area contributed by atoms with Gasteiger partial charge in [-0.25, -0.2) is 0 Å². The summed E-state index contributed by atoms with van der Waals surface area (Å²) in [5.41, 5.74) is 5.72. The molecular formula is C15H32N2O. The maximum absolute atomic E-state index is 11.9. The summed E-state index contributed by atoms with van der Waals surface area (Å²) in [5.74, 6) is 1.74. The summed E-state index contributed by atoms with van der Waals surface area (Å²) < 4.78 is 0. The molecule has 3 heteroatoms. The lowest BCUT2D eigenvalue weighted by atomic mass is 9.93. The molecule has 0 aliphatic heterocycles. The number of carbonyl (C=O) groups excluding carboxylic acids is 1. The smallest absolute Gasteiger partial charge is 0.220 e. The second-order valence-corrected chi connectivity index (χ2v) is 6.15. The second-order valence-electron chi connectivity index (χ2n) is 6.15. The Kier molecular flexibility index (Phi) is 9.08. The first-order chi connectivity index (χ1) is 8.38. The average Bonchev–Trinajstić information content (AvgIpc) is 2.26. The monoisotopic (exact) mass is 256 g/mol. The number of hydrogen-bond donors (Lipinski definition) is 2. The van der Waals surface area contributed by atoms with Gasteiger partial charge in [0, 0.05) is 12.5 Å². The van der Waals surface area contributed by atoms with Gasteiger partial charge in [0.1, 0.15) is 0 Å². The molecule has 3 N–H and O–H groups in total. The third-order valence-corrected chi connectivity index (χ3v) is 3.47. The van der Waals surface area contributed by atoms with Crippen LogP contribution in [0.15, 0.2) is 0 Å². The lowest BCUT2D eigenvalue weighted by molar-refractivity contribution is -0.122. The summed E-state index contributed by atoms with van der Waals surface area (Å²) in [5, 5.41) is 3.09. The van der Waals surface area contributed by atoms with E-state index in [-0.39, 0.29) is 11.9 Å². The van der Waals surface area contributed by atoms with Gasteiger partial charge in [-0.3, -0.25) is 4.79 Å². The molecule has 0 aromatic carbocycles. The minimum atomic E-state index is 0.155. The Morgan fingerprint density at radius 3 is 2.22 bits per heavy atom. The molecule has 0 rings (SSSR count). The van der Waals surface area contributed by atoms with Crippen LogP contribution in [-0.2, 0) is 4.79 Å². The van der Waals surface area contributed by atoms with Crippen molar-refractivity contribution in [1.82, 2.24) is 5.32 Å². The molecule has 0 aliphatic carbocycles. The highest BCUT2D eigenvalue weighted by molar-refractivity contribution is 5.76. The summed E-state index contributed by atoms with van der Waals surface area (Å²) in [6.45, 7) is 11.4. The van der Waals surface area contributed by atoms with E-state index in [1.165, 1.54) is 6.42 Å². The molecule has 1 amide bonds. The predicted octanol–water partition coefficient (Wildman–Crippen LogP) is 2.94. The van der Waals surface area contributed by atoms with E-state index in [2.05, 4.69) is 39.9 Å². The van der Waals surface area contributed by atoms with Gasteiger partial charge < -0.3 is 11.1 Å². The molecule has 0 radical (unpaired) electrons. The minimum absolute atomic E-state index is 0.155. The van der Waals surface area contributed by atoms with Crippen molar-refractivity contribution in [1.29, 1.82) is 0 Å². The van der Waals surface area contributed by atoms with Gasteiger partial charge in [0.2, 0.25) is 5.91 Å². The zero-order chi connectivity index (χ0) is 14.1. The fourth-order valence-electron chi connectivity index (χ4n) is 2.35. The van der Waals surface area contributed by atoms with E-state index in [1.54, 1.807) is 0 Å². The van der Waals surface area contributed by atoms with E-state index in [1.807, 2.05) is 0 Å². The fourth-order valence-corrected chi connectivity index (χ4v) is 2.35. The number of rotatable bonds is 9. The summed E-state index contributed by atoms with van der Waals surface area (Å²) in [6, 6.07) is 0.268. The van der Waals surface area contributed by atoms with Crippen LogP contribution in [0, 0.1) is 17.8 Å². The maximum Gasteiger partial charge on any atom is 0.220 e. The Labute approximate surface area is 113 Å². The molecule has 0 aromatic rings. The number of nitrogens with one attached hydrogen (secondary N) is 1. The number of hydrogen-bond acceptors (Lipinski definition) is 2. The van der Waals surface area contributed by atoms with Gasteiger partial charge in [0.05, 0.1) is 0 Å². The third-order valence-electron chi connectivity index (χ3n) is 3.47. The molecule has 3 atom stereocenters. The van der Waals surface area contributed by atoms with Crippen LogP contribution in [0.3, 0.4) is 0 Å². The van der Waals surface area contributed by atoms with Crippen LogP contribution >= 0.6 is 0 Å². The highest BCUT2D eigenvalue weighted by Crippen LogP contribution is 2.15. The van der Waals surface area contributed by atoms with Crippen molar-refractivity contribution in [2.24, 2.45) is 23.5 Å². The molecule has 0 bridgehead atoms. The first-order valence-electron chi connectivity index (χ1n) is 7.38. The third kappa shape index (κ3) is 8.51. The highest BCUT2D eigenvalue weighted by atomic mass is 16.1. The van der Waals surface area contributed by atoms with Crippen LogP contribution < -0.4 is 11.1 Å². The SMILES string of the molecule is CCC(C)CC(C)NC(=O)CC(CN)CC(C)C. The van der Waals surface area contributed by atoms with E-state index in [0.29, 0.717) is 30.7 Å². The predicted molar refractivity (Wildman–Crippen MR) is 78.3 cm³/mol. The minimum Gasteiger partial charge on any atom is -0.354 e. The van der Waals surface area contributed by atoms with Crippen molar-refractivity contribution in [2.75, 3.05) is 6.54 Å². The lowest BCUT2D eigenvalue weighted by Crippen LogP contribution is -2.36. The zero-order valence-corrected chi connectivity index (χ0v) is 12.8. The van der Waals surface area contributed by atoms with Crippen molar-refractivity contribution in [2.45, 2.75) is 66.3 Å². The molecule has 108 valence electrons. The molecule has 3 nitrogen and oxygen atoms in total. The van der Waals surface area contributed by atoms with E-state index in [4.69, 9.17) is 5.73 Å². The molecule has 0 aliphatic rings. The van der Waals surface area contributed by atoms with Crippen LogP contribution in [0.25, 0.3) is 0 Å². The quantitative estimate of drug-likeness (QED) is 0.666. The normalized spacial score (nSPS) is 16.4. The van der Waals surface area contributed by atoms with Crippen molar-refractivity contribution in [3.8, 4) is 0 Å². The number of carbonyl (C=O) groups is 1. The second kappa shape index (κ2) is 9.37. The number of nitrogens with two attached hydrogens (primary N) is 1. The maximum atomic E-state index is 11.9. The zero-order valence-electron chi connectivity index (χ0n) is 12.8. The van der Waals surface area contributed by atoms with Crippen LogP contribution in [0.5, 0.6) is 0 Å². The molecule has 0 fully saturated rings. The molecule has 0 saturated carbocycles. The van der Waals surface area contributed by atoms with Crippen LogP contribution in [0.4, 0.5) is 0 Å². The van der Waals surface area contributed by atoms with E-state index in [9.17, 15) is 4.79 Å². The molecule has 0 heterocycles. The van der Waals surface area contributed by atoms with Crippen LogP contribution in [-0.4, -0.2) is 18.5 Å². The van der Waals surface area contributed by atoms with E-state index >= 15 is 0 Å². The van der Waals surface area contributed by atoms with E-state index in [0.717, 1.165) is 12.8 Å². The molecule has 0 spiro atoms. The van der Waals surface area contributed by atoms with Crippen molar-refractivity contribution >= 4 is 5.91 Å². The van der Waals surface area contributed by atoms with Gasteiger partial charge in [0.15, 0.2) is 0 Å². The first kappa shape index (κ1) is 17.4. The average molecular weight is 256 g/mol. The lowest BCUT2D eigenvalue weighted by Gasteiger charge is -2.20. The first-order valence-corrected chi connectivity index (χ1v) is 7.38.